The van der Waals surface area contributed by atoms with Gasteiger partial charge in [-0.25, -0.2) is 4.98 Å². The van der Waals surface area contributed by atoms with Crippen molar-refractivity contribution in [1.82, 2.24) is 15.2 Å². The van der Waals surface area contributed by atoms with Crippen LogP contribution in [0.3, 0.4) is 0 Å². The molecule has 0 bridgehead atoms. The molecule has 0 aromatic carbocycles. The summed E-state index contributed by atoms with van der Waals surface area (Å²) in [6.07, 6.45) is 0. The Labute approximate surface area is 84.9 Å². The lowest BCUT2D eigenvalue weighted by Crippen LogP contribution is -1.93. The van der Waals surface area contributed by atoms with Gasteiger partial charge in [0.1, 0.15) is 5.15 Å². The third-order valence-corrected chi connectivity index (χ3v) is 1.83. The zero-order valence-corrected chi connectivity index (χ0v) is 8.12. The first-order valence-electron chi connectivity index (χ1n) is 3.89. The third-order valence-electron chi connectivity index (χ3n) is 1.62. The van der Waals surface area contributed by atoms with E-state index in [1.807, 2.05) is 0 Å². The molecule has 0 amide bonds. The molecule has 14 heavy (non-hydrogen) atoms. The molecule has 0 aliphatic rings. The van der Waals surface area contributed by atoms with Crippen LogP contribution in [0.2, 0.25) is 5.15 Å². The summed E-state index contributed by atoms with van der Waals surface area (Å²) in [6, 6.07) is 3.24. The molecule has 0 saturated carbocycles. The molecular formula is C8H7ClN4O. The van der Waals surface area contributed by atoms with Gasteiger partial charge in [0, 0.05) is 6.92 Å². The predicted octanol–water partition coefficient (Wildman–Crippen LogP) is 1.68. The minimum absolute atomic E-state index is 0.280. The number of pyridine rings is 1. The average Bonchev–Trinajstić information content (AvgIpc) is 2.56. The molecule has 2 N–H and O–H groups in total. The number of nitrogens with zero attached hydrogens (tertiary/aromatic N) is 3. The molecule has 0 atom stereocenters. The van der Waals surface area contributed by atoms with Crippen LogP contribution in [0.5, 0.6) is 0 Å². The topological polar surface area (TPSA) is 77.8 Å². The molecule has 6 heteroatoms. The highest BCUT2D eigenvalue weighted by Crippen LogP contribution is 2.23. The van der Waals surface area contributed by atoms with Gasteiger partial charge in [0.2, 0.25) is 5.89 Å². The second-order valence-electron chi connectivity index (χ2n) is 2.70. The minimum Gasteiger partial charge on any atom is -0.420 e. The standard InChI is InChI=1S/C8H7ClN4O/c1-4-12-13-8(14-4)7-5(10)2-3-6(9)11-7/h2-3H,10H2,1H3. The number of nitrogen functional groups attached to an aromatic ring is 1. The molecule has 2 heterocycles. The summed E-state index contributed by atoms with van der Waals surface area (Å²) in [5.41, 5.74) is 6.55. The number of aryl methyl sites for hydroxylation is 1. The number of hydrogen-bond donors (Lipinski definition) is 1. The molecule has 72 valence electrons. The summed E-state index contributed by atoms with van der Waals surface area (Å²) in [5, 5.41) is 7.82. The van der Waals surface area contributed by atoms with Gasteiger partial charge in [-0.05, 0) is 12.1 Å². The van der Waals surface area contributed by atoms with E-state index in [4.69, 9.17) is 21.8 Å². The monoisotopic (exact) mass is 210 g/mol. The molecule has 2 aromatic rings. The van der Waals surface area contributed by atoms with Crippen molar-refractivity contribution in [3.63, 3.8) is 0 Å². The fourth-order valence-corrected chi connectivity index (χ4v) is 1.16. The number of halogens is 1. The van der Waals surface area contributed by atoms with Crippen LogP contribution in [0.1, 0.15) is 5.89 Å². The first-order chi connectivity index (χ1) is 6.66. The van der Waals surface area contributed by atoms with Crippen molar-refractivity contribution in [2.75, 3.05) is 5.73 Å². The second kappa shape index (κ2) is 3.26. The van der Waals surface area contributed by atoms with Crippen LogP contribution in [0.25, 0.3) is 11.6 Å². The summed E-state index contributed by atoms with van der Waals surface area (Å²) in [4.78, 5) is 4.00. The smallest absolute Gasteiger partial charge is 0.268 e. The Bertz CT molecular complexity index is 468. The van der Waals surface area contributed by atoms with Crippen molar-refractivity contribution in [2.24, 2.45) is 0 Å². The van der Waals surface area contributed by atoms with Crippen LogP contribution in [-0.4, -0.2) is 15.2 Å². The van der Waals surface area contributed by atoms with E-state index < -0.39 is 0 Å². The summed E-state index contributed by atoms with van der Waals surface area (Å²) in [7, 11) is 0. The number of aromatic nitrogens is 3. The highest BCUT2D eigenvalue weighted by atomic mass is 35.5. The van der Waals surface area contributed by atoms with Gasteiger partial charge >= 0.3 is 0 Å². The quantitative estimate of drug-likeness (QED) is 0.725. The summed E-state index contributed by atoms with van der Waals surface area (Å²) in [5.74, 6) is 0.740. The van der Waals surface area contributed by atoms with Crippen LogP contribution in [0.4, 0.5) is 5.69 Å². The van der Waals surface area contributed by atoms with Gasteiger partial charge in [0.25, 0.3) is 5.89 Å². The van der Waals surface area contributed by atoms with Crippen LogP contribution in [-0.2, 0) is 0 Å². The maximum Gasteiger partial charge on any atom is 0.268 e. The van der Waals surface area contributed by atoms with Gasteiger partial charge in [-0.2, -0.15) is 0 Å². The molecule has 5 nitrogen and oxygen atoms in total. The van der Waals surface area contributed by atoms with E-state index in [1.165, 1.54) is 0 Å². The van der Waals surface area contributed by atoms with E-state index in [0.717, 1.165) is 0 Å². The number of rotatable bonds is 1. The molecule has 0 aliphatic heterocycles. The first-order valence-corrected chi connectivity index (χ1v) is 4.27. The lowest BCUT2D eigenvalue weighted by atomic mass is 10.3. The normalized spacial score (nSPS) is 10.4. The molecular weight excluding hydrogens is 204 g/mol. The van der Waals surface area contributed by atoms with Crippen molar-refractivity contribution in [3.05, 3.63) is 23.2 Å². The fourth-order valence-electron chi connectivity index (χ4n) is 1.01. The number of nitrogens with two attached hydrogens (primary N) is 1. The first kappa shape index (κ1) is 8.96. The molecule has 2 aromatic heterocycles. The molecule has 0 radical (unpaired) electrons. The Kier molecular flexibility index (Phi) is 2.09. The fraction of sp³-hybridized carbons (Fsp3) is 0.125. The number of anilines is 1. The Hall–Kier alpha value is -1.62. The number of hydrogen-bond acceptors (Lipinski definition) is 5. The van der Waals surface area contributed by atoms with Crippen molar-refractivity contribution in [2.45, 2.75) is 6.92 Å². The minimum atomic E-state index is 0.280. The largest absolute Gasteiger partial charge is 0.420 e. The van der Waals surface area contributed by atoms with E-state index in [1.54, 1.807) is 19.1 Å². The Morgan fingerprint density at radius 1 is 1.36 bits per heavy atom. The highest BCUT2D eigenvalue weighted by molar-refractivity contribution is 6.29. The molecule has 0 saturated heterocycles. The molecule has 0 spiro atoms. The molecule has 0 unspecified atom stereocenters. The van der Waals surface area contributed by atoms with Crippen LogP contribution < -0.4 is 5.73 Å². The zero-order valence-electron chi connectivity index (χ0n) is 7.36. The van der Waals surface area contributed by atoms with Gasteiger partial charge in [-0.1, -0.05) is 11.6 Å². The van der Waals surface area contributed by atoms with E-state index in [0.29, 0.717) is 22.4 Å². The van der Waals surface area contributed by atoms with E-state index in [-0.39, 0.29) is 5.89 Å². The highest BCUT2D eigenvalue weighted by Gasteiger charge is 2.11. The van der Waals surface area contributed by atoms with Crippen molar-refractivity contribution in [1.29, 1.82) is 0 Å². The Balaban J connectivity index is 2.55. The van der Waals surface area contributed by atoms with Crippen LogP contribution >= 0.6 is 11.6 Å². The summed E-state index contributed by atoms with van der Waals surface area (Å²) < 4.78 is 5.18. The third kappa shape index (κ3) is 1.54. The Morgan fingerprint density at radius 3 is 2.79 bits per heavy atom. The lowest BCUT2D eigenvalue weighted by molar-refractivity contribution is 0.531. The maximum atomic E-state index is 5.72. The van der Waals surface area contributed by atoms with Gasteiger partial charge < -0.3 is 10.2 Å². The van der Waals surface area contributed by atoms with Gasteiger partial charge in [-0.15, -0.1) is 10.2 Å². The van der Waals surface area contributed by atoms with Gasteiger partial charge in [-0.3, -0.25) is 0 Å². The average molecular weight is 211 g/mol. The van der Waals surface area contributed by atoms with Crippen molar-refractivity contribution < 1.29 is 4.42 Å². The van der Waals surface area contributed by atoms with E-state index in [2.05, 4.69) is 15.2 Å². The lowest BCUT2D eigenvalue weighted by Gasteiger charge is -1.99. The van der Waals surface area contributed by atoms with Gasteiger partial charge in [0.05, 0.1) is 5.69 Å². The molecule has 0 fully saturated rings. The SMILES string of the molecule is Cc1nnc(-c2nc(Cl)ccc2N)o1. The zero-order chi connectivity index (χ0) is 10.1. The van der Waals surface area contributed by atoms with Crippen molar-refractivity contribution in [3.8, 4) is 11.6 Å². The van der Waals surface area contributed by atoms with Crippen molar-refractivity contribution >= 4 is 17.3 Å². The summed E-state index contributed by atoms with van der Waals surface area (Å²) >= 11 is 5.72. The maximum absolute atomic E-state index is 5.72. The van der Waals surface area contributed by atoms with Gasteiger partial charge in [0.15, 0.2) is 5.69 Å². The van der Waals surface area contributed by atoms with Crippen LogP contribution in [0, 0.1) is 6.92 Å². The summed E-state index contributed by atoms with van der Waals surface area (Å²) in [6.45, 7) is 1.69. The second-order valence-corrected chi connectivity index (χ2v) is 3.09. The molecule has 2 rings (SSSR count). The Morgan fingerprint density at radius 2 is 2.14 bits per heavy atom. The van der Waals surface area contributed by atoms with E-state index >= 15 is 0 Å². The predicted molar refractivity (Wildman–Crippen MR) is 51.7 cm³/mol. The molecule has 0 aliphatic carbocycles. The van der Waals surface area contributed by atoms with Crippen LogP contribution in [0.15, 0.2) is 16.5 Å². The van der Waals surface area contributed by atoms with E-state index in [9.17, 15) is 0 Å².